The summed E-state index contributed by atoms with van der Waals surface area (Å²) in [5.74, 6) is 0.264. The molecule has 0 heterocycles. The summed E-state index contributed by atoms with van der Waals surface area (Å²) in [6.07, 6.45) is 2.52. The molecule has 0 aliphatic rings. The first kappa shape index (κ1) is 19.3. The van der Waals surface area contributed by atoms with E-state index in [1.54, 1.807) is 6.92 Å². The monoisotopic (exact) mass is 474 g/mol. The Bertz CT molecular complexity index is 763. The SMILES string of the molecule is CC(=O)CCCP(I)(c1ccccc1)(c1ccccc1)c1ccccc1. The molecule has 0 unspecified atom stereocenters. The fraction of sp³-hybridized carbons (Fsp3) is 0.174. The van der Waals surface area contributed by atoms with Gasteiger partial charge in [-0.05, 0) is 0 Å². The molecule has 134 valence electrons. The van der Waals surface area contributed by atoms with Crippen LogP contribution in [0, 0.1) is 0 Å². The first-order chi connectivity index (χ1) is 12.6. The van der Waals surface area contributed by atoms with Gasteiger partial charge in [0.15, 0.2) is 0 Å². The van der Waals surface area contributed by atoms with Crippen molar-refractivity contribution in [3.05, 3.63) is 91.0 Å². The summed E-state index contributed by atoms with van der Waals surface area (Å²) in [4.78, 5) is 11.7. The van der Waals surface area contributed by atoms with Crippen molar-refractivity contribution in [1.29, 1.82) is 0 Å². The maximum absolute atomic E-state index is 11.7. The molecule has 0 amide bonds. The molecule has 3 aromatic rings. The van der Waals surface area contributed by atoms with Crippen LogP contribution >= 0.6 is 26.3 Å². The summed E-state index contributed by atoms with van der Waals surface area (Å²) >= 11 is 2.77. The number of hydrogen-bond donors (Lipinski definition) is 0. The van der Waals surface area contributed by atoms with Gasteiger partial charge in [-0.1, -0.05) is 0 Å². The van der Waals surface area contributed by atoms with Gasteiger partial charge < -0.3 is 0 Å². The number of Topliss-reactive ketones (excluding diaryl/α,β-unsaturated/α-hetero) is 1. The van der Waals surface area contributed by atoms with Crippen molar-refractivity contribution in [2.24, 2.45) is 0 Å². The number of carbonyl (C=O) groups excluding carboxylic acids is 1. The van der Waals surface area contributed by atoms with E-state index in [0.29, 0.717) is 6.42 Å². The summed E-state index contributed by atoms with van der Waals surface area (Å²) in [6.45, 7) is 1.69. The number of rotatable bonds is 7. The maximum atomic E-state index is 11.7. The Hall–Kier alpha value is -1.51. The van der Waals surface area contributed by atoms with Crippen LogP contribution in [0.1, 0.15) is 19.8 Å². The molecular weight excluding hydrogens is 450 g/mol. The summed E-state index contributed by atoms with van der Waals surface area (Å²) in [5, 5.41) is 4.13. The van der Waals surface area contributed by atoms with Crippen molar-refractivity contribution < 1.29 is 4.79 Å². The number of benzene rings is 3. The van der Waals surface area contributed by atoms with E-state index in [-0.39, 0.29) is 5.78 Å². The Morgan fingerprint density at radius 2 is 1.08 bits per heavy atom. The molecule has 26 heavy (non-hydrogen) atoms. The van der Waals surface area contributed by atoms with Crippen molar-refractivity contribution in [3.63, 3.8) is 0 Å². The molecule has 0 bridgehead atoms. The fourth-order valence-corrected chi connectivity index (χ4v) is 12.4. The first-order valence-electron chi connectivity index (χ1n) is 8.95. The molecule has 0 spiro atoms. The van der Waals surface area contributed by atoms with Crippen LogP contribution in [0.3, 0.4) is 0 Å². The normalized spacial score (nSPS) is 12.9. The molecule has 1 nitrogen and oxygen atoms in total. The van der Waals surface area contributed by atoms with Gasteiger partial charge in [0.2, 0.25) is 0 Å². The molecule has 3 aromatic carbocycles. The summed E-state index contributed by atoms with van der Waals surface area (Å²) in [7, 11) is 0. The summed E-state index contributed by atoms with van der Waals surface area (Å²) in [5.41, 5.74) is 0. The van der Waals surface area contributed by atoms with Crippen LogP contribution in [0.2, 0.25) is 0 Å². The molecule has 0 atom stereocenters. The van der Waals surface area contributed by atoms with E-state index in [1.165, 1.54) is 15.9 Å². The standard InChI is InChI=1S/C23H24IOP/c1-20(25)12-11-19-26(24,21-13-5-2-6-14-21,22-15-7-3-8-16-22)23-17-9-4-10-18-23/h2-10,13-18H,11-12,19H2,1H3. The molecule has 0 saturated heterocycles. The Kier molecular flexibility index (Phi) is 5.94. The third-order valence-corrected chi connectivity index (χ3v) is 16.7. The number of ketones is 1. The van der Waals surface area contributed by atoms with Gasteiger partial charge in [0.1, 0.15) is 0 Å². The Morgan fingerprint density at radius 1 is 0.731 bits per heavy atom. The number of hydrogen-bond acceptors (Lipinski definition) is 1. The topological polar surface area (TPSA) is 17.1 Å². The second kappa shape index (κ2) is 8.02. The van der Waals surface area contributed by atoms with Gasteiger partial charge in [-0.25, -0.2) is 0 Å². The zero-order valence-corrected chi connectivity index (χ0v) is 18.1. The van der Waals surface area contributed by atoms with Gasteiger partial charge >= 0.3 is 170 Å². The van der Waals surface area contributed by atoms with Gasteiger partial charge in [-0.2, -0.15) is 0 Å². The van der Waals surface area contributed by atoms with E-state index in [0.717, 1.165) is 12.6 Å². The zero-order chi connectivity index (χ0) is 18.5. The van der Waals surface area contributed by atoms with Gasteiger partial charge in [-0.3, -0.25) is 0 Å². The molecular formula is C23H24IOP. The van der Waals surface area contributed by atoms with Crippen LogP contribution < -0.4 is 15.9 Å². The molecule has 0 N–H and O–H groups in total. The van der Waals surface area contributed by atoms with Crippen molar-refractivity contribution in [2.45, 2.75) is 19.8 Å². The summed E-state index contributed by atoms with van der Waals surface area (Å²) < 4.78 is -2.68. The number of carbonyl (C=O) groups is 1. The van der Waals surface area contributed by atoms with E-state index in [4.69, 9.17) is 0 Å². The van der Waals surface area contributed by atoms with E-state index in [1.807, 2.05) is 0 Å². The van der Waals surface area contributed by atoms with Gasteiger partial charge in [-0.15, -0.1) is 0 Å². The molecule has 0 aromatic heterocycles. The summed E-state index contributed by atoms with van der Waals surface area (Å²) in [6, 6.07) is 32.6. The van der Waals surface area contributed by atoms with Crippen molar-refractivity contribution in [2.75, 3.05) is 6.16 Å². The first-order valence-corrected chi connectivity index (χ1v) is 14.2. The van der Waals surface area contributed by atoms with E-state index < -0.39 is 4.25 Å². The zero-order valence-electron chi connectivity index (χ0n) is 15.0. The van der Waals surface area contributed by atoms with Crippen LogP contribution in [0.15, 0.2) is 91.0 Å². The third kappa shape index (κ3) is 3.50. The van der Waals surface area contributed by atoms with E-state index in [2.05, 4.69) is 113 Å². The van der Waals surface area contributed by atoms with Gasteiger partial charge in [0.25, 0.3) is 0 Å². The molecule has 0 aliphatic carbocycles. The third-order valence-electron chi connectivity index (χ3n) is 4.99. The van der Waals surface area contributed by atoms with Crippen LogP contribution in [-0.4, -0.2) is 11.9 Å². The van der Waals surface area contributed by atoms with Crippen LogP contribution in [0.4, 0.5) is 0 Å². The van der Waals surface area contributed by atoms with Crippen molar-refractivity contribution in [1.82, 2.24) is 0 Å². The molecule has 0 radical (unpaired) electrons. The second-order valence-electron chi connectivity index (χ2n) is 6.72. The average molecular weight is 474 g/mol. The van der Waals surface area contributed by atoms with Crippen LogP contribution in [-0.2, 0) is 4.79 Å². The predicted molar refractivity (Wildman–Crippen MR) is 124 cm³/mol. The molecule has 0 fully saturated rings. The fourth-order valence-electron chi connectivity index (χ4n) is 3.68. The van der Waals surface area contributed by atoms with Crippen LogP contribution in [0.25, 0.3) is 0 Å². The second-order valence-corrected chi connectivity index (χ2v) is 17.5. The number of halogens is 1. The molecule has 3 heteroatoms. The Labute approximate surface area is 169 Å². The van der Waals surface area contributed by atoms with E-state index >= 15 is 0 Å². The minimum absolute atomic E-state index is 0.264. The predicted octanol–water partition coefficient (Wildman–Crippen LogP) is 5.24. The molecule has 0 aliphatic heterocycles. The van der Waals surface area contributed by atoms with E-state index in [9.17, 15) is 4.79 Å². The Balaban J connectivity index is 2.29. The average Bonchev–Trinajstić information content (AvgIpc) is 2.70. The van der Waals surface area contributed by atoms with Crippen LogP contribution in [0.5, 0.6) is 0 Å². The van der Waals surface area contributed by atoms with Crippen molar-refractivity contribution in [3.8, 4) is 0 Å². The molecule has 0 saturated carbocycles. The quantitative estimate of drug-likeness (QED) is 0.339. The van der Waals surface area contributed by atoms with Gasteiger partial charge in [0, 0.05) is 0 Å². The minimum atomic E-state index is -2.68. The van der Waals surface area contributed by atoms with Gasteiger partial charge in [0.05, 0.1) is 0 Å². The van der Waals surface area contributed by atoms with Crippen molar-refractivity contribution >= 4 is 48.0 Å². The molecule has 3 rings (SSSR count). The Morgan fingerprint density at radius 3 is 1.38 bits per heavy atom.